The van der Waals surface area contributed by atoms with E-state index in [2.05, 4.69) is 4.98 Å². The molecule has 0 aliphatic rings. The SMILES string of the molecule is Cn1cnc(CC(N)[C]=O)c1. The Balaban J connectivity index is 2.57. The second-order valence-corrected chi connectivity index (χ2v) is 2.46. The monoisotopic (exact) mass is 152 g/mol. The first-order valence-electron chi connectivity index (χ1n) is 3.32. The summed E-state index contributed by atoms with van der Waals surface area (Å²) in [7, 11) is 1.87. The van der Waals surface area contributed by atoms with Crippen LogP contribution in [0, 0.1) is 0 Å². The average molecular weight is 152 g/mol. The van der Waals surface area contributed by atoms with Crippen LogP contribution in [-0.4, -0.2) is 21.9 Å². The molecule has 0 aromatic carbocycles. The Morgan fingerprint density at radius 3 is 3.09 bits per heavy atom. The molecule has 0 amide bonds. The number of nitrogens with two attached hydrogens (primary N) is 1. The third-order valence-electron chi connectivity index (χ3n) is 1.34. The van der Waals surface area contributed by atoms with Crippen molar-refractivity contribution in [1.29, 1.82) is 0 Å². The van der Waals surface area contributed by atoms with Crippen molar-refractivity contribution < 1.29 is 4.79 Å². The number of carbonyl (C=O) groups excluding carboxylic acids is 1. The average Bonchev–Trinajstić information content (AvgIpc) is 2.35. The first-order chi connectivity index (χ1) is 5.22. The molecule has 4 heteroatoms. The summed E-state index contributed by atoms with van der Waals surface area (Å²) in [6, 6.07) is -0.551. The Kier molecular flexibility index (Phi) is 2.38. The molecule has 11 heavy (non-hydrogen) atoms. The maximum atomic E-state index is 10.0. The number of aryl methyl sites for hydroxylation is 1. The molecule has 1 aromatic heterocycles. The summed E-state index contributed by atoms with van der Waals surface area (Å²) in [6.07, 6.45) is 5.67. The molecule has 1 aromatic rings. The Morgan fingerprint density at radius 1 is 1.91 bits per heavy atom. The molecule has 1 heterocycles. The minimum absolute atomic E-state index is 0.463. The summed E-state index contributed by atoms with van der Waals surface area (Å²) in [5, 5.41) is 0. The molecule has 0 aliphatic carbocycles. The van der Waals surface area contributed by atoms with Gasteiger partial charge in [0.05, 0.1) is 18.1 Å². The number of nitrogens with zero attached hydrogens (tertiary/aromatic N) is 2. The van der Waals surface area contributed by atoms with E-state index in [0.29, 0.717) is 6.42 Å². The number of hydrogen-bond donors (Lipinski definition) is 1. The van der Waals surface area contributed by atoms with Gasteiger partial charge in [-0.05, 0) is 0 Å². The van der Waals surface area contributed by atoms with Gasteiger partial charge in [0.1, 0.15) is 0 Å². The van der Waals surface area contributed by atoms with Gasteiger partial charge in [0, 0.05) is 19.7 Å². The lowest BCUT2D eigenvalue weighted by Gasteiger charge is -1.96. The molecule has 1 unspecified atom stereocenters. The van der Waals surface area contributed by atoms with E-state index in [1.165, 1.54) is 0 Å². The van der Waals surface area contributed by atoms with Gasteiger partial charge >= 0.3 is 0 Å². The van der Waals surface area contributed by atoms with Crippen LogP contribution in [0.3, 0.4) is 0 Å². The predicted octanol–water partition coefficient (Wildman–Crippen LogP) is -0.600. The van der Waals surface area contributed by atoms with Crippen LogP contribution in [0.25, 0.3) is 0 Å². The first kappa shape index (κ1) is 7.94. The fraction of sp³-hybridized carbons (Fsp3) is 0.429. The lowest BCUT2D eigenvalue weighted by Crippen LogP contribution is -2.24. The van der Waals surface area contributed by atoms with Crippen LogP contribution < -0.4 is 5.73 Å². The Labute approximate surface area is 65.0 Å². The van der Waals surface area contributed by atoms with E-state index in [-0.39, 0.29) is 0 Å². The topological polar surface area (TPSA) is 60.9 Å². The van der Waals surface area contributed by atoms with Crippen molar-refractivity contribution >= 4 is 6.29 Å². The summed E-state index contributed by atoms with van der Waals surface area (Å²) >= 11 is 0. The normalized spacial score (nSPS) is 12.9. The van der Waals surface area contributed by atoms with E-state index in [9.17, 15) is 4.79 Å². The molecule has 0 aliphatic heterocycles. The zero-order chi connectivity index (χ0) is 8.27. The lowest BCUT2D eigenvalue weighted by molar-refractivity contribution is 0.540. The Bertz CT molecular complexity index is 244. The summed E-state index contributed by atoms with van der Waals surface area (Å²) in [5.41, 5.74) is 6.16. The van der Waals surface area contributed by atoms with Crippen LogP contribution in [0.5, 0.6) is 0 Å². The van der Waals surface area contributed by atoms with Gasteiger partial charge in [0.15, 0.2) is 0 Å². The molecule has 1 radical (unpaired) electrons. The number of rotatable bonds is 3. The molecular weight excluding hydrogens is 142 g/mol. The third kappa shape index (κ3) is 2.16. The van der Waals surface area contributed by atoms with E-state index in [0.717, 1.165) is 5.69 Å². The number of aromatic nitrogens is 2. The van der Waals surface area contributed by atoms with Gasteiger partial charge in [-0.25, -0.2) is 4.98 Å². The van der Waals surface area contributed by atoms with Gasteiger partial charge in [-0.3, -0.25) is 4.79 Å². The fourth-order valence-electron chi connectivity index (χ4n) is 0.839. The Hall–Kier alpha value is -1.16. The predicted molar refractivity (Wildman–Crippen MR) is 40.6 cm³/mol. The van der Waals surface area contributed by atoms with Crippen molar-refractivity contribution in [2.24, 2.45) is 12.8 Å². The van der Waals surface area contributed by atoms with Crippen LogP contribution in [0.4, 0.5) is 0 Å². The Morgan fingerprint density at radius 2 is 2.64 bits per heavy atom. The maximum absolute atomic E-state index is 10.0. The van der Waals surface area contributed by atoms with Crippen LogP contribution in [0.1, 0.15) is 5.69 Å². The van der Waals surface area contributed by atoms with Crippen LogP contribution in [0.15, 0.2) is 12.5 Å². The highest BCUT2D eigenvalue weighted by atomic mass is 16.1. The molecule has 0 fully saturated rings. The molecule has 1 atom stereocenters. The largest absolute Gasteiger partial charge is 0.340 e. The highest BCUT2D eigenvalue weighted by Gasteiger charge is 2.04. The zero-order valence-electron chi connectivity index (χ0n) is 6.32. The molecule has 4 nitrogen and oxygen atoms in total. The minimum atomic E-state index is -0.551. The summed E-state index contributed by atoms with van der Waals surface area (Å²) in [6.45, 7) is 0. The van der Waals surface area contributed by atoms with Crippen LogP contribution in [-0.2, 0) is 18.3 Å². The molecule has 0 saturated heterocycles. The number of imidazole rings is 1. The molecular formula is C7H10N3O. The third-order valence-corrected chi connectivity index (χ3v) is 1.34. The van der Waals surface area contributed by atoms with Gasteiger partial charge in [-0.15, -0.1) is 0 Å². The van der Waals surface area contributed by atoms with Crippen LogP contribution in [0.2, 0.25) is 0 Å². The van der Waals surface area contributed by atoms with Gasteiger partial charge < -0.3 is 10.3 Å². The maximum Gasteiger partial charge on any atom is 0.217 e. The summed E-state index contributed by atoms with van der Waals surface area (Å²) in [5.74, 6) is 0. The first-order valence-corrected chi connectivity index (χ1v) is 3.32. The quantitative estimate of drug-likeness (QED) is 0.629. The lowest BCUT2D eigenvalue weighted by atomic mass is 10.2. The minimum Gasteiger partial charge on any atom is -0.340 e. The van der Waals surface area contributed by atoms with Crippen molar-refractivity contribution in [3.05, 3.63) is 18.2 Å². The fourth-order valence-corrected chi connectivity index (χ4v) is 0.839. The second kappa shape index (κ2) is 3.30. The van der Waals surface area contributed by atoms with Crippen molar-refractivity contribution in [3.8, 4) is 0 Å². The van der Waals surface area contributed by atoms with Gasteiger partial charge in [0.2, 0.25) is 6.29 Å². The molecule has 59 valence electrons. The standard InChI is InChI=1S/C7H10N3O/c1-10-3-7(9-5-10)2-6(8)4-11/h3,5-6H,2,8H2,1H3. The summed E-state index contributed by atoms with van der Waals surface area (Å²) < 4.78 is 1.81. The summed E-state index contributed by atoms with van der Waals surface area (Å²) in [4.78, 5) is 14.0. The smallest absolute Gasteiger partial charge is 0.217 e. The van der Waals surface area contributed by atoms with Crippen molar-refractivity contribution in [1.82, 2.24) is 9.55 Å². The van der Waals surface area contributed by atoms with E-state index in [1.54, 1.807) is 12.6 Å². The van der Waals surface area contributed by atoms with E-state index >= 15 is 0 Å². The van der Waals surface area contributed by atoms with Crippen molar-refractivity contribution in [2.45, 2.75) is 12.5 Å². The van der Waals surface area contributed by atoms with Crippen LogP contribution >= 0.6 is 0 Å². The van der Waals surface area contributed by atoms with Gasteiger partial charge in [0.25, 0.3) is 0 Å². The molecule has 0 spiro atoms. The van der Waals surface area contributed by atoms with E-state index in [1.807, 2.05) is 17.8 Å². The molecule has 2 N–H and O–H groups in total. The molecule has 0 bridgehead atoms. The molecule has 1 rings (SSSR count). The van der Waals surface area contributed by atoms with E-state index < -0.39 is 6.04 Å². The van der Waals surface area contributed by atoms with Crippen molar-refractivity contribution in [3.63, 3.8) is 0 Å². The molecule has 0 saturated carbocycles. The van der Waals surface area contributed by atoms with Crippen molar-refractivity contribution in [2.75, 3.05) is 0 Å². The highest BCUT2D eigenvalue weighted by molar-refractivity contribution is 5.58. The highest BCUT2D eigenvalue weighted by Crippen LogP contribution is 1.96. The second-order valence-electron chi connectivity index (χ2n) is 2.46. The number of hydrogen-bond acceptors (Lipinski definition) is 3. The van der Waals surface area contributed by atoms with Gasteiger partial charge in [-0.1, -0.05) is 0 Å². The van der Waals surface area contributed by atoms with E-state index in [4.69, 9.17) is 5.73 Å². The van der Waals surface area contributed by atoms with Gasteiger partial charge in [-0.2, -0.15) is 0 Å². The zero-order valence-corrected chi connectivity index (χ0v) is 6.32.